The van der Waals surface area contributed by atoms with E-state index in [4.69, 9.17) is 14.5 Å². The number of halogens is 1. The van der Waals surface area contributed by atoms with E-state index in [1.54, 1.807) is 0 Å². The van der Waals surface area contributed by atoms with E-state index < -0.39 is 0 Å². The fourth-order valence-electron chi connectivity index (χ4n) is 4.01. The molecule has 0 bridgehead atoms. The molecule has 1 aliphatic rings. The van der Waals surface area contributed by atoms with E-state index in [0.717, 1.165) is 64.8 Å². The lowest BCUT2D eigenvalue weighted by Crippen LogP contribution is -2.39. The molecule has 0 spiro atoms. The lowest BCUT2D eigenvalue weighted by Gasteiger charge is -2.27. The second-order valence-corrected chi connectivity index (χ2v) is 10.2. The molecule has 0 N–H and O–H groups in total. The van der Waals surface area contributed by atoms with Crippen molar-refractivity contribution in [2.75, 3.05) is 44.3 Å². The SMILES string of the molecule is O=C(c1ccc(Oc2ccccc2)cc1)N(CCCN1CCOCC1)c1nc2ccc(Br)cc2s1. The number of para-hydroxylation sites is 1. The van der Waals surface area contributed by atoms with Crippen LogP contribution in [0.2, 0.25) is 0 Å². The average Bonchev–Trinajstić information content (AvgIpc) is 3.31. The van der Waals surface area contributed by atoms with Crippen LogP contribution in [0.15, 0.2) is 77.3 Å². The summed E-state index contributed by atoms with van der Waals surface area (Å²) in [5.41, 5.74) is 1.50. The maximum Gasteiger partial charge on any atom is 0.260 e. The summed E-state index contributed by atoms with van der Waals surface area (Å²) in [4.78, 5) is 22.6. The van der Waals surface area contributed by atoms with Crippen molar-refractivity contribution >= 4 is 48.5 Å². The first-order valence-corrected chi connectivity index (χ1v) is 13.3. The molecule has 0 unspecified atom stereocenters. The van der Waals surface area contributed by atoms with Gasteiger partial charge < -0.3 is 9.47 Å². The van der Waals surface area contributed by atoms with Crippen molar-refractivity contribution in [3.8, 4) is 11.5 Å². The quantitative estimate of drug-likeness (QED) is 0.260. The number of fused-ring (bicyclic) bond motifs is 1. The molecular formula is C27H26BrN3O3S. The van der Waals surface area contributed by atoms with E-state index in [-0.39, 0.29) is 5.91 Å². The van der Waals surface area contributed by atoms with Crippen molar-refractivity contribution < 1.29 is 14.3 Å². The lowest BCUT2D eigenvalue weighted by molar-refractivity contribution is 0.0376. The van der Waals surface area contributed by atoms with Crippen LogP contribution in [-0.2, 0) is 4.74 Å². The Kier molecular flexibility index (Phi) is 7.73. The molecule has 1 amide bonds. The van der Waals surface area contributed by atoms with Crippen LogP contribution in [0.3, 0.4) is 0 Å². The first-order chi connectivity index (χ1) is 17.2. The normalized spacial score (nSPS) is 14.2. The van der Waals surface area contributed by atoms with Crippen molar-refractivity contribution in [1.82, 2.24) is 9.88 Å². The molecule has 1 fully saturated rings. The molecule has 0 saturated carbocycles. The van der Waals surface area contributed by atoms with Gasteiger partial charge in [-0.05, 0) is 61.0 Å². The third kappa shape index (κ3) is 6.08. The summed E-state index contributed by atoms with van der Waals surface area (Å²) in [7, 11) is 0. The van der Waals surface area contributed by atoms with Crippen molar-refractivity contribution in [3.05, 3.63) is 82.8 Å². The zero-order valence-corrected chi connectivity index (χ0v) is 21.6. The molecule has 4 aromatic rings. The van der Waals surface area contributed by atoms with Gasteiger partial charge >= 0.3 is 0 Å². The van der Waals surface area contributed by atoms with Crippen LogP contribution < -0.4 is 9.64 Å². The Bertz CT molecular complexity index is 1270. The number of hydrogen-bond donors (Lipinski definition) is 0. The number of thiazole rings is 1. The van der Waals surface area contributed by atoms with Gasteiger partial charge in [-0.25, -0.2) is 4.98 Å². The molecule has 1 aliphatic heterocycles. The predicted octanol–water partition coefficient (Wildman–Crippen LogP) is 6.22. The highest BCUT2D eigenvalue weighted by molar-refractivity contribution is 9.10. The van der Waals surface area contributed by atoms with Crippen molar-refractivity contribution in [2.45, 2.75) is 6.42 Å². The van der Waals surface area contributed by atoms with Crippen molar-refractivity contribution in [2.24, 2.45) is 0 Å². The summed E-state index contributed by atoms with van der Waals surface area (Å²) < 4.78 is 13.4. The highest BCUT2D eigenvalue weighted by Crippen LogP contribution is 2.32. The number of anilines is 1. The Morgan fingerprint density at radius 1 is 1.03 bits per heavy atom. The minimum atomic E-state index is -0.0589. The highest BCUT2D eigenvalue weighted by Gasteiger charge is 2.22. The molecule has 3 aromatic carbocycles. The van der Waals surface area contributed by atoms with Crippen LogP contribution in [0.5, 0.6) is 11.5 Å². The zero-order valence-electron chi connectivity index (χ0n) is 19.2. The Labute approximate surface area is 217 Å². The Balaban J connectivity index is 1.34. The fourth-order valence-corrected chi connectivity index (χ4v) is 5.55. The fraction of sp³-hybridized carbons (Fsp3) is 0.259. The molecule has 180 valence electrons. The van der Waals surface area contributed by atoms with Crippen LogP contribution in [0, 0.1) is 0 Å². The van der Waals surface area contributed by atoms with E-state index in [0.29, 0.717) is 17.9 Å². The average molecular weight is 552 g/mol. The molecule has 1 aromatic heterocycles. The number of nitrogens with zero attached hydrogens (tertiary/aromatic N) is 3. The zero-order chi connectivity index (χ0) is 24.0. The molecule has 35 heavy (non-hydrogen) atoms. The number of hydrogen-bond acceptors (Lipinski definition) is 6. The Morgan fingerprint density at radius 2 is 1.77 bits per heavy atom. The van der Waals surface area contributed by atoms with Gasteiger partial charge in [0, 0.05) is 36.2 Å². The summed E-state index contributed by atoms with van der Waals surface area (Å²) in [6, 6.07) is 22.9. The van der Waals surface area contributed by atoms with Gasteiger partial charge in [0.25, 0.3) is 5.91 Å². The molecule has 6 nitrogen and oxygen atoms in total. The number of benzene rings is 3. The summed E-state index contributed by atoms with van der Waals surface area (Å²) in [6.45, 7) is 4.93. The van der Waals surface area contributed by atoms with Gasteiger partial charge in [0.2, 0.25) is 0 Å². The molecule has 5 rings (SSSR count). The highest BCUT2D eigenvalue weighted by atomic mass is 79.9. The molecule has 8 heteroatoms. The lowest BCUT2D eigenvalue weighted by atomic mass is 10.2. The minimum Gasteiger partial charge on any atom is -0.457 e. The van der Waals surface area contributed by atoms with Gasteiger partial charge in [-0.15, -0.1) is 0 Å². The first-order valence-electron chi connectivity index (χ1n) is 11.7. The minimum absolute atomic E-state index is 0.0589. The van der Waals surface area contributed by atoms with E-state index in [1.807, 2.05) is 77.7 Å². The number of aromatic nitrogens is 1. The molecular weight excluding hydrogens is 526 g/mol. The van der Waals surface area contributed by atoms with Crippen LogP contribution >= 0.6 is 27.3 Å². The van der Waals surface area contributed by atoms with Gasteiger partial charge in [0.05, 0.1) is 23.4 Å². The summed E-state index contributed by atoms with van der Waals surface area (Å²) in [5, 5.41) is 0.717. The number of ether oxygens (including phenoxy) is 2. The monoisotopic (exact) mass is 551 g/mol. The standard InChI is InChI=1S/C27H26BrN3O3S/c28-21-9-12-24-25(19-21)35-27(29-24)31(14-4-13-30-15-17-33-18-16-30)26(32)20-7-10-23(11-8-20)34-22-5-2-1-3-6-22/h1-3,5-12,19H,4,13-18H2. The topological polar surface area (TPSA) is 54.9 Å². The van der Waals surface area contributed by atoms with Gasteiger partial charge in [0.1, 0.15) is 11.5 Å². The van der Waals surface area contributed by atoms with Gasteiger partial charge in [-0.1, -0.05) is 45.5 Å². The summed E-state index contributed by atoms with van der Waals surface area (Å²) in [5.74, 6) is 1.39. The molecule has 0 atom stereocenters. The molecule has 2 heterocycles. The Morgan fingerprint density at radius 3 is 2.54 bits per heavy atom. The third-order valence-electron chi connectivity index (χ3n) is 5.86. The maximum atomic E-state index is 13.6. The number of amides is 1. The van der Waals surface area contributed by atoms with Crippen LogP contribution in [0.1, 0.15) is 16.8 Å². The van der Waals surface area contributed by atoms with E-state index >= 15 is 0 Å². The number of rotatable bonds is 8. The number of morpholine rings is 1. The summed E-state index contributed by atoms with van der Waals surface area (Å²) >= 11 is 5.07. The number of carbonyl (C=O) groups excluding carboxylic acids is 1. The second-order valence-electron chi connectivity index (χ2n) is 8.31. The van der Waals surface area contributed by atoms with Crippen LogP contribution in [0.25, 0.3) is 10.2 Å². The van der Waals surface area contributed by atoms with Crippen LogP contribution in [-0.4, -0.2) is 55.2 Å². The smallest absolute Gasteiger partial charge is 0.260 e. The van der Waals surface area contributed by atoms with Crippen LogP contribution in [0.4, 0.5) is 5.13 Å². The second kappa shape index (κ2) is 11.3. The van der Waals surface area contributed by atoms with Gasteiger partial charge in [-0.2, -0.15) is 0 Å². The largest absolute Gasteiger partial charge is 0.457 e. The van der Waals surface area contributed by atoms with E-state index in [2.05, 4.69) is 20.8 Å². The maximum absolute atomic E-state index is 13.6. The number of carbonyl (C=O) groups is 1. The van der Waals surface area contributed by atoms with Gasteiger partial charge in [0.15, 0.2) is 5.13 Å². The van der Waals surface area contributed by atoms with Gasteiger partial charge in [-0.3, -0.25) is 14.6 Å². The predicted molar refractivity (Wildman–Crippen MR) is 144 cm³/mol. The Hall–Kier alpha value is -2.78. The molecule has 1 saturated heterocycles. The first kappa shape index (κ1) is 23.9. The van der Waals surface area contributed by atoms with E-state index in [1.165, 1.54) is 11.3 Å². The summed E-state index contributed by atoms with van der Waals surface area (Å²) in [6.07, 6.45) is 0.862. The molecule has 0 radical (unpaired) electrons. The van der Waals surface area contributed by atoms with Crippen molar-refractivity contribution in [1.29, 1.82) is 0 Å². The third-order valence-corrected chi connectivity index (χ3v) is 7.39. The van der Waals surface area contributed by atoms with E-state index in [9.17, 15) is 4.79 Å². The van der Waals surface area contributed by atoms with Crippen molar-refractivity contribution in [3.63, 3.8) is 0 Å². The molecule has 0 aliphatic carbocycles.